The molecular weight excluding hydrogens is 322 g/mol. The van der Waals surface area contributed by atoms with Crippen LogP contribution in [0, 0.1) is 5.92 Å². The molecule has 0 aliphatic heterocycles. The number of aromatic nitrogens is 2. The lowest BCUT2D eigenvalue weighted by atomic mass is 9.93. The van der Waals surface area contributed by atoms with Crippen LogP contribution in [0.25, 0.3) is 22.8 Å². The van der Waals surface area contributed by atoms with Crippen LogP contribution in [0.5, 0.6) is 0 Å². The number of benzene rings is 2. The zero-order valence-electron chi connectivity index (χ0n) is 15.4. The van der Waals surface area contributed by atoms with E-state index in [0.717, 1.165) is 23.2 Å². The van der Waals surface area contributed by atoms with Crippen LogP contribution in [-0.2, 0) is 6.42 Å². The van der Waals surface area contributed by atoms with Crippen molar-refractivity contribution in [3.63, 3.8) is 0 Å². The van der Waals surface area contributed by atoms with Crippen molar-refractivity contribution in [1.82, 2.24) is 10.1 Å². The van der Waals surface area contributed by atoms with E-state index in [1.54, 1.807) is 0 Å². The van der Waals surface area contributed by atoms with Gasteiger partial charge in [0.15, 0.2) is 0 Å². The van der Waals surface area contributed by atoms with Gasteiger partial charge in [-0.15, -0.1) is 0 Å². The zero-order chi connectivity index (χ0) is 17.9. The van der Waals surface area contributed by atoms with E-state index in [1.165, 1.54) is 24.8 Å². The molecule has 1 N–H and O–H groups in total. The molecule has 3 aromatic rings. The number of hydrogen-bond acceptors (Lipinski definition) is 4. The maximum atomic E-state index is 5.47. The minimum Gasteiger partial charge on any atom is -0.382 e. The fourth-order valence-corrected chi connectivity index (χ4v) is 3.22. The second kappa shape index (κ2) is 7.32. The Morgan fingerprint density at radius 1 is 1.00 bits per heavy atom. The van der Waals surface area contributed by atoms with Crippen LogP contribution in [0.1, 0.15) is 38.7 Å². The van der Waals surface area contributed by atoms with Crippen molar-refractivity contribution < 1.29 is 4.52 Å². The molecule has 0 bridgehead atoms. The van der Waals surface area contributed by atoms with Crippen molar-refractivity contribution in [3.8, 4) is 22.8 Å². The Morgan fingerprint density at radius 2 is 1.69 bits per heavy atom. The molecular formula is C22H25N3O. The molecule has 1 fully saturated rings. The first kappa shape index (κ1) is 16.8. The Balaban J connectivity index is 1.46. The fraction of sp³-hybridized carbons (Fsp3) is 0.364. The first-order valence-corrected chi connectivity index (χ1v) is 9.47. The Morgan fingerprint density at radius 3 is 2.31 bits per heavy atom. The van der Waals surface area contributed by atoms with Crippen molar-refractivity contribution in [2.75, 3.05) is 5.32 Å². The van der Waals surface area contributed by atoms with Crippen molar-refractivity contribution in [1.29, 1.82) is 0 Å². The molecule has 0 radical (unpaired) electrons. The molecule has 4 rings (SSSR count). The van der Waals surface area contributed by atoms with Gasteiger partial charge in [0.25, 0.3) is 5.89 Å². The highest BCUT2D eigenvalue weighted by molar-refractivity contribution is 5.62. The van der Waals surface area contributed by atoms with Crippen LogP contribution in [0.3, 0.4) is 0 Å². The van der Waals surface area contributed by atoms with Crippen molar-refractivity contribution in [2.24, 2.45) is 5.92 Å². The Labute approximate surface area is 154 Å². The molecule has 2 aromatic carbocycles. The van der Waals surface area contributed by atoms with Crippen LogP contribution in [0.15, 0.2) is 53.1 Å². The number of nitrogens with zero attached hydrogens (tertiary/aromatic N) is 2. The van der Waals surface area contributed by atoms with Gasteiger partial charge < -0.3 is 9.84 Å². The Kier molecular flexibility index (Phi) is 4.74. The Bertz CT molecular complexity index is 846. The molecule has 26 heavy (non-hydrogen) atoms. The molecule has 0 atom stereocenters. The molecule has 0 saturated heterocycles. The highest BCUT2D eigenvalue weighted by atomic mass is 16.5. The van der Waals surface area contributed by atoms with Crippen LogP contribution in [-0.4, -0.2) is 16.2 Å². The van der Waals surface area contributed by atoms with Gasteiger partial charge >= 0.3 is 0 Å². The third-order valence-corrected chi connectivity index (χ3v) is 4.89. The van der Waals surface area contributed by atoms with Gasteiger partial charge in [0.1, 0.15) is 0 Å². The first-order chi connectivity index (χ1) is 12.7. The molecule has 134 valence electrons. The van der Waals surface area contributed by atoms with E-state index >= 15 is 0 Å². The van der Waals surface area contributed by atoms with Gasteiger partial charge in [0.05, 0.1) is 0 Å². The smallest absolute Gasteiger partial charge is 0.258 e. The lowest BCUT2D eigenvalue weighted by Crippen LogP contribution is -2.26. The number of rotatable bonds is 6. The molecule has 1 aliphatic carbocycles. The van der Waals surface area contributed by atoms with Crippen LogP contribution in [0.2, 0.25) is 0 Å². The maximum absolute atomic E-state index is 5.47. The van der Waals surface area contributed by atoms with Gasteiger partial charge in [-0.05, 0) is 73.6 Å². The predicted octanol–water partition coefficient (Wildman–Crippen LogP) is 5.57. The summed E-state index contributed by atoms with van der Waals surface area (Å²) in [5, 5.41) is 7.69. The Hall–Kier alpha value is -2.62. The quantitative estimate of drug-likeness (QED) is 0.633. The second-order valence-electron chi connectivity index (χ2n) is 7.57. The summed E-state index contributed by atoms with van der Waals surface area (Å²) in [5.74, 6) is 1.84. The average Bonchev–Trinajstić information content (AvgIpc) is 3.09. The minimum atomic E-state index is 0.563. The van der Waals surface area contributed by atoms with E-state index in [1.807, 2.05) is 12.1 Å². The van der Waals surface area contributed by atoms with E-state index in [0.29, 0.717) is 23.7 Å². The van der Waals surface area contributed by atoms with Gasteiger partial charge in [-0.2, -0.15) is 4.98 Å². The summed E-state index contributed by atoms with van der Waals surface area (Å²) in [7, 11) is 0. The highest BCUT2D eigenvalue weighted by Crippen LogP contribution is 2.26. The van der Waals surface area contributed by atoms with Gasteiger partial charge in [-0.3, -0.25) is 0 Å². The van der Waals surface area contributed by atoms with E-state index in [-0.39, 0.29) is 0 Å². The molecule has 4 heteroatoms. The summed E-state index contributed by atoms with van der Waals surface area (Å²) in [4.78, 5) is 4.56. The SMILES string of the molecule is CC(C)Cc1ccc(-c2nc(-c3ccc(NC4CCC4)cc3)no2)cc1. The highest BCUT2D eigenvalue weighted by Gasteiger charge is 2.17. The zero-order valence-corrected chi connectivity index (χ0v) is 15.4. The van der Waals surface area contributed by atoms with Gasteiger partial charge in [-0.1, -0.05) is 31.1 Å². The maximum Gasteiger partial charge on any atom is 0.258 e. The van der Waals surface area contributed by atoms with Crippen LogP contribution in [0.4, 0.5) is 5.69 Å². The third kappa shape index (κ3) is 3.79. The normalized spacial score (nSPS) is 14.4. The third-order valence-electron chi connectivity index (χ3n) is 4.89. The van der Waals surface area contributed by atoms with Crippen molar-refractivity contribution >= 4 is 5.69 Å². The molecule has 1 aromatic heterocycles. The molecule has 0 unspecified atom stereocenters. The fourth-order valence-electron chi connectivity index (χ4n) is 3.22. The van der Waals surface area contributed by atoms with E-state index in [4.69, 9.17) is 4.52 Å². The molecule has 1 heterocycles. The summed E-state index contributed by atoms with van der Waals surface area (Å²) < 4.78 is 5.47. The average molecular weight is 347 g/mol. The standard InChI is InChI=1S/C22H25N3O/c1-15(2)14-16-6-8-18(9-7-16)22-24-21(25-26-22)17-10-12-20(13-11-17)23-19-4-3-5-19/h6-13,15,19,23H,3-5,14H2,1-2H3. The molecule has 4 nitrogen and oxygen atoms in total. The van der Waals surface area contributed by atoms with Gasteiger partial charge in [0, 0.05) is 22.9 Å². The molecule has 1 aliphatic rings. The predicted molar refractivity (Wildman–Crippen MR) is 105 cm³/mol. The van der Waals surface area contributed by atoms with Gasteiger partial charge in [-0.25, -0.2) is 0 Å². The largest absolute Gasteiger partial charge is 0.382 e. The van der Waals surface area contributed by atoms with Gasteiger partial charge in [0.2, 0.25) is 5.82 Å². The number of hydrogen-bond donors (Lipinski definition) is 1. The summed E-state index contributed by atoms with van der Waals surface area (Å²) in [5.41, 5.74) is 4.41. The number of nitrogens with one attached hydrogen (secondary N) is 1. The van der Waals surface area contributed by atoms with E-state index < -0.39 is 0 Å². The van der Waals surface area contributed by atoms with Crippen LogP contribution < -0.4 is 5.32 Å². The van der Waals surface area contributed by atoms with E-state index in [2.05, 4.69) is 65.7 Å². The summed E-state index contributed by atoms with van der Waals surface area (Å²) >= 11 is 0. The molecule has 0 spiro atoms. The minimum absolute atomic E-state index is 0.563. The first-order valence-electron chi connectivity index (χ1n) is 9.47. The van der Waals surface area contributed by atoms with Crippen LogP contribution >= 0.6 is 0 Å². The van der Waals surface area contributed by atoms with Crippen molar-refractivity contribution in [2.45, 2.75) is 45.6 Å². The summed E-state index contributed by atoms with van der Waals surface area (Å²) in [6, 6.07) is 17.3. The topological polar surface area (TPSA) is 51.0 Å². The van der Waals surface area contributed by atoms with Crippen molar-refractivity contribution in [3.05, 3.63) is 54.1 Å². The number of anilines is 1. The lowest BCUT2D eigenvalue weighted by Gasteiger charge is -2.27. The lowest BCUT2D eigenvalue weighted by molar-refractivity contribution is 0.432. The molecule has 0 amide bonds. The monoisotopic (exact) mass is 347 g/mol. The molecule has 1 saturated carbocycles. The second-order valence-corrected chi connectivity index (χ2v) is 7.57. The van der Waals surface area contributed by atoms with E-state index in [9.17, 15) is 0 Å². The summed E-state index contributed by atoms with van der Waals surface area (Å²) in [6.07, 6.45) is 4.95. The summed E-state index contributed by atoms with van der Waals surface area (Å²) in [6.45, 7) is 4.45.